The molecule has 5 nitrogen and oxygen atoms in total. The van der Waals surface area contributed by atoms with Crippen LogP contribution in [0.1, 0.15) is 30.6 Å². The fourth-order valence-electron chi connectivity index (χ4n) is 2.65. The Bertz CT molecular complexity index is 570. The fraction of sp³-hybridized carbons (Fsp3) is 0.500. The van der Waals surface area contributed by atoms with Gasteiger partial charge in [-0.25, -0.2) is 0 Å². The molecule has 112 valence electrons. The average molecular weight is 287 g/mol. The highest BCUT2D eigenvalue weighted by Gasteiger charge is 2.25. The third kappa shape index (κ3) is 3.68. The molecular formula is C16H21N3O2. The summed E-state index contributed by atoms with van der Waals surface area (Å²) in [4.78, 5) is 6.62. The van der Waals surface area contributed by atoms with Gasteiger partial charge in [0.1, 0.15) is 0 Å². The van der Waals surface area contributed by atoms with E-state index in [9.17, 15) is 5.11 Å². The highest BCUT2D eigenvalue weighted by Crippen LogP contribution is 2.18. The number of hydrogen-bond acceptors (Lipinski definition) is 5. The van der Waals surface area contributed by atoms with Crippen LogP contribution < -0.4 is 0 Å². The molecule has 0 radical (unpaired) electrons. The molecule has 1 saturated heterocycles. The van der Waals surface area contributed by atoms with Crippen LogP contribution in [0.3, 0.4) is 0 Å². The largest absolute Gasteiger partial charge is 0.392 e. The zero-order valence-electron chi connectivity index (χ0n) is 12.3. The summed E-state index contributed by atoms with van der Waals surface area (Å²) in [6, 6.07) is 10.1. The molecule has 1 N–H and O–H groups in total. The number of aliphatic hydroxyl groups excluding tert-OH is 1. The number of aromatic nitrogens is 2. The molecule has 5 heteroatoms. The van der Waals surface area contributed by atoms with Crippen LogP contribution in [0, 0.1) is 5.92 Å². The van der Waals surface area contributed by atoms with E-state index in [2.05, 4.69) is 22.0 Å². The van der Waals surface area contributed by atoms with Gasteiger partial charge < -0.3 is 9.63 Å². The lowest BCUT2D eigenvalue weighted by Crippen LogP contribution is -2.42. The van der Waals surface area contributed by atoms with Crippen molar-refractivity contribution in [2.45, 2.75) is 32.4 Å². The monoisotopic (exact) mass is 287 g/mol. The lowest BCUT2D eigenvalue weighted by atomic mass is 9.96. The second kappa shape index (κ2) is 6.37. The highest BCUT2D eigenvalue weighted by molar-refractivity contribution is 5.17. The molecule has 1 aromatic carbocycles. The Balaban J connectivity index is 1.58. The number of nitrogens with zero attached hydrogens (tertiary/aromatic N) is 3. The van der Waals surface area contributed by atoms with E-state index < -0.39 is 0 Å². The summed E-state index contributed by atoms with van der Waals surface area (Å²) < 4.78 is 5.31. The quantitative estimate of drug-likeness (QED) is 0.930. The van der Waals surface area contributed by atoms with Gasteiger partial charge >= 0.3 is 0 Å². The van der Waals surface area contributed by atoms with E-state index in [1.165, 1.54) is 0 Å². The van der Waals surface area contributed by atoms with Crippen molar-refractivity contribution in [1.82, 2.24) is 15.0 Å². The van der Waals surface area contributed by atoms with Crippen molar-refractivity contribution in [2.75, 3.05) is 13.1 Å². The van der Waals surface area contributed by atoms with Crippen molar-refractivity contribution < 1.29 is 9.63 Å². The fourth-order valence-corrected chi connectivity index (χ4v) is 2.65. The molecule has 2 atom stereocenters. The predicted molar refractivity (Wildman–Crippen MR) is 78.6 cm³/mol. The minimum atomic E-state index is -0.255. The first kappa shape index (κ1) is 14.2. The smallest absolute Gasteiger partial charge is 0.231 e. The first-order valence-corrected chi connectivity index (χ1v) is 7.46. The number of piperidine rings is 1. The molecule has 2 unspecified atom stereocenters. The van der Waals surface area contributed by atoms with Crippen LogP contribution in [0.2, 0.25) is 0 Å². The second-order valence-corrected chi connectivity index (χ2v) is 5.84. The van der Waals surface area contributed by atoms with Crippen LogP contribution in [0.25, 0.3) is 0 Å². The first-order chi connectivity index (χ1) is 10.2. The third-order valence-electron chi connectivity index (χ3n) is 4.08. The lowest BCUT2D eigenvalue weighted by molar-refractivity contribution is 0.0246. The van der Waals surface area contributed by atoms with Gasteiger partial charge in [-0.05, 0) is 24.4 Å². The van der Waals surface area contributed by atoms with Gasteiger partial charge in [0.05, 0.1) is 19.1 Å². The summed E-state index contributed by atoms with van der Waals surface area (Å²) >= 11 is 0. The summed E-state index contributed by atoms with van der Waals surface area (Å²) in [7, 11) is 0. The number of hydrogen-bond donors (Lipinski definition) is 1. The zero-order valence-corrected chi connectivity index (χ0v) is 12.3. The van der Waals surface area contributed by atoms with E-state index in [0.29, 0.717) is 37.1 Å². The molecule has 1 aromatic heterocycles. The van der Waals surface area contributed by atoms with E-state index in [1.807, 2.05) is 30.3 Å². The summed E-state index contributed by atoms with van der Waals surface area (Å²) in [5.74, 6) is 1.71. The minimum absolute atomic E-state index is 0.255. The molecule has 0 amide bonds. The van der Waals surface area contributed by atoms with Gasteiger partial charge in [-0.1, -0.05) is 42.4 Å². The summed E-state index contributed by atoms with van der Waals surface area (Å²) in [5, 5.41) is 14.0. The van der Waals surface area contributed by atoms with Gasteiger partial charge in [0, 0.05) is 6.54 Å². The van der Waals surface area contributed by atoms with E-state index in [1.54, 1.807) is 0 Å². The second-order valence-electron chi connectivity index (χ2n) is 5.84. The minimum Gasteiger partial charge on any atom is -0.392 e. The molecule has 0 spiro atoms. The number of β-amino-alcohol motifs (C(OH)–C–C–N with tert-alkyl or cyclic N) is 1. The summed E-state index contributed by atoms with van der Waals surface area (Å²) in [6.07, 6.45) is 1.41. The van der Waals surface area contributed by atoms with Crippen LogP contribution >= 0.6 is 0 Å². The first-order valence-electron chi connectivity index (χ1n) is 7.46. The maximum absolute atomic E-state index is 9.92. The highest BCUT2D eigenvalue weighted by atomic mass is 16.5. The Kier molecular flexibility index (Phi) is 4.31. The lowest BCUT2D eigenvalue weighted by Gasteiger charge is -2.33. The average Bonchev–Trinajstić information content (AvgIpc) is 2.91. The number of aliphatic hydroxyl groups is 1. The van der Waals surface area contributed by atoms with Crippen molar-refractivity contribution in [1.29, 1.82) is 0 Å². The molecule has 0 aliphatic carbocycles. The van der Waals surface area contributed by atoms with Crippen LogP contribution in [-0.4, -0.2) is 39.3 Å². The Hall–Kier alpha value is -1.72. The maximum Gasteiger partial charge on any atom is 0.231 e. The van der Waals surface area contributed by atoms with Crippen molar-refractivity contribution in [3.63, 3.8) is 0 Å². The SMILES string of the molecule is CC1CCN(Cc2noc(Cc3ccccc3)n2)CC1O. The van der Waals surface area contributed by atoms with Crippen molar-refractivity contribution >= 4 is 0 Å². The standard InChI is InChI=1S/C16H21N3O2/c1-12-7-8-19(10-14(12)20)11-15-17-16(21-18-15)9-13-5-3-2-4-6-13/h2-6,12,14,20H,7-11H2,1H3. The van der Waals surface area contributed by atoms with Crippen LogP contribution in [0.15, 0.2) is 34.9 Å². The van der Waals surface area contributed by atoms with Crippen molar-refractivity contribution in [3.05, 3.63) is 47.6 Å². The van der Waals surface area contributed by atoms with Crippen molar-refractivity contribution in [2.24, 2.45) is 5.92 Å². The van der Waals surface area contributed by atoms with Gasteiger partial charge in [-0.2, -0.15) is 4.98 Å². The van der Waals surface area contributed by atoms with Crippen LogP contribution in [0.5, 0.6) is 0 Å². The Morgan fingerprint density at radius 1 is 1.33 bits per heavy atom. The normalized spacial score (nSPS) is 23.3. The number of rotatable bonds is 4. The molecule has 1 fully saturated rings. The molecule has 1 aliphatic heterocycles. The Morgan fingerprint density at radius 2 is 2.14 bits per heavy atom. The molecule has 3 rings (SSSR count). The molecule has 2 heterocycles. The van der Waals surface area contributed by atoms with Gasteiger partial charge in [-0.15, -0.1) is 0 Å². The van der Waals surface area contributed by atoms with Crippen LogP contribution in [0.4, 0.5) is 0 Å². The summed E-state index contributed by atoms with van der Waals surface area (Å²) in [5.41, 5.74) is 1.16. The van der Waals surface area contributed by atoms with Gasteiger partial charge in [0.2, 0.25) is 5.89 Å². The number of likely N-dealkylation sites (tertiary alicyclic amines) is 1. The predicted octanol–water partition coefficient (Wildman–Crippen LogP) is 1.86. The van der Waals surface area contributed by atoms with Gasteiger partial charge in [-0.3, -0.25) is 4.90 Å². The molecule has 21 heavy (non-hydrogen) atoms. The van der Waals surface area contributed by atoms with Gasteiger partial charge in [0.25, 0.3) is 0 Å². The Labute approximate surface area is 124 Å². The molecular weight excluding hydrogens is 266 g/mol. The number of benzene rings is 1. The van der Waals surface area contributed by atoms with Gasteiger partial charge in [0.15, 0.2) is 5.82 Å². The molecule has 2 aromatic rings. The topological polar surface area (TPSA) is 62.4 Å². The van der Waals surface area contributed by atoms with E-state index in [0.717, 1.165) is 18.5 Å². The zero-order chi connectivity index (χ0) is 14.7. The summed E-state index contributed by atoms with van der Waals surface area (Å²) in [6.45, 7) is 4.39. The van der Waals surface area contributed by atoms with Crippen LogP contribution in [-0.2, 0) is 13.0 Å². The van der Waals surface area contributed by atoms with E-state index >= 15 is 0 Å². The molecule has 0 saturated carbocycles. The molecule has 1 aliphatic rings. The third-order valence-corrected chi connectivity index (χ3v) is 4.08. The Morgan fingerprint density at radius 3 is 2.90 bits per heavy atom. The maximum atomic E-state index is 9.92. The van der Waals surface area contributed by atoms with E-state index in [4.69, 9.17) is 4.52 Å². The molecule has 0 bridgehead atoms. The van der Waals surface area contributed by atoms with Crippen molar-refractivity contribution in [3.8, 4) is 0 Å². The van der Waals surface area contributed by atoms with E-state index in [-0.39, 0.29) is 6.10 Å².